The number of carbonyl (C=O) groups is 1. The monoisotopic (exact) mass is 221 g/mol. The molecule has 0 fully saturated rings. The van der Waals surface area contributed by atoms with Gasteiger partial charge in [0.1, 0.15) is 6.61 Å². The van der Waals surface area contributed by atoms with Crippen LogP contribution in [0.2, 0.25) is 0 Å². The van der Waals surface area contributed by atoms with Gasteiger partial charge in [-0.2, -0.15) is 0 Å². The summed E-state index contributed by atoms with van der Waals surface area (Å²) >= 11 is 4.75. The number of hydrogen-bond acceptors (Lipinski definition) is 3. The van der Waals surface area contributed by atoms with Crippen LogP contribution in [0.4, 0.5) is 4.79 Å². The smallest absolute Gasteiger partial charge is 0.404 e. The molecular weight excluding hydrogens is 202 g/mol. The van der Waals surface area contributed by atoms with Crippen molar-refractivity contribution in [2.24, 2.45) is 0 Å². The summed E-state index contributed by atoms with van der Waals surface area (Å²) in [7, 11) is 0. The van der Waals surface area contributed by atoms with E-state index in [0.29, 0.717) is 0 Å². The van der Waals surface area contributed by atoms with Gasteiger partial charge in [-0.15, -0.1) is 0 Å². The van der Waals surface area contributed by atoms with Crippen molar-refractivity contribution in [3.63, 3.8) is 0 Å². The molecule has 84 valence electrons. The minimum Gasteiger partial charge on any atom is -0.449 e. The fourth-order valence-corrected chi connectivity index (χ4v) is 0.858. The summed E-state index contributed by atoms with van der Waals surface area (Å²) in [6.07, 6.45) is 1.44. The summed E-state index contributed by atoms with van der Waals surface area (Å²) in [6.45, 7) is 13.6. The van der Waals surface area contributed by atoms with Gasteiger partial charge in [-0.25, -0.2) is 4.79 Å². The van der Waals surface area contributed by atoms with Gasteiger partial charge in [0.25, 0.3) is 0 Å². The summed E-state index contributed by atoms with van der Waals surface area (Å²) in [6, 6.07) is 0. The lowest BCUT2D eigenvalue weighted by atomic mass is 10.5. The Kier molecular flexibility index (Phi) is 14.2. The van der Waals surface area contributed by atoms with Gasteiger partial charge in [0.05, 0.1) is 0 Å². The van der Waals surface area contributed by atoms with Crippen LogP contribution < -0.4 is 0 Å². The van der Waals surface area contributed by atoms with Crippen molar-refractivity contribution in [2.45, 2.75) is 20.8 Å². The molecule has 14 heavy (non-hydrogen) atoms. The fourth-order valence-electron chi connectivity index (χ4n) is 0.795. The highest BCUT2D eigenvalue weighted by atomic mass is 35.5. The number of ether oxygens (including phenoxy) is 1. The Bertz CT molecular complexity index is 142. The van der Waals surface area contributed by atoms with Crippen molar-refractivity contribution in [3.05, 3.63) is 12.7 Å². The molecule has 0 aliphatic rings. The van der Waals surface area contributed by atoms with Gasteiger partial charge >= 0.3 is 5.43 Å². The van der Waals surface area contributed by atoms with E-state index in [4.69, 9.17) is 11.6 Å². The van der Waals surface area contributed by atoms with Gasteiger partial charge in [-0.3, -0.25) is 0 Å². The maximum Gasteiger partial charge on any atom is 0.404 e. The maximum absolute atomic E-state index is 9.70. The second kappa shape index (κ2) is 12.5. The first-order valence-electron chi connectivity index (χ1n) is 4.77. The third-order valence-corrected chi connectivity index (χ3v) is 1.77. The lowest BCUT2D eigenvalue weighted by molar-refractivity contribution is 0.186. The molecule has 0 aromatic rings. The van der Waals surface area contributed by atoms with Crippen LogP contribution in [0, 0.1) is 0 Å². The van der Waals surface area contributed by atoms with Crippen LogP contribution in [0.1, 0.15) is 20.8 Å². The molecule has 0 aromatic heterocycles. The molecule has 4 heteroatoms. The SMILES string of the molecule is C=CCOC(=O)Cl.CCN(CC)CC. The van der Waals surface area contributed by atoms with Gasteiger partial charge in [-0.05, 0) is 19.6 Å². The molecule has 0 saturated heterocycles. The van der Waals surface area contributed by atoms with E-state index in [1.165, 1.54) is 25.7 Å². The van der Waals surface area contributed by atoms with E-state index >= 15 is 0 Å². The van der Waals surface area contributed by atoms with Gasteiger partial charge < -0.3 is 9.64 Å². The van der Waals surface area contributed by atoms with E-state index < -0.39 is 5.43 Å². The van der Waals surface area contributed by atoms with Crippen molar-refractivity contribution in [1.29, 1.82) is 0 Å². The molecule has 3 nitrogen and oxygen atoms in total. The van der Waals surface area contributed by atoms with Crippen LogP contribution in [0.25, 0.3) is 0 Å². The average molecular weight is 222 g/mol. The lowest BCUT2D eigenvalue weighted by Crippen LogP contribution is -2.21. The Labute approximate surface area is 91.7 Å². The summed E-state index contributed by atoms with van der Waals surface area (Å²) in [5.74, 6) is 0. The minimum absolute atomic E-state index is 0.183. The molecule has 0 rings (SSSR count). The van der Waals surface area contributed by atoms with E-state index in [9.17, 15) is 4.79 Å². The summed E-state index contributed by atoms with van der Waals surface area (Å²) in [5, 5.41) is 0. The van der Waals surface area contributed by atoms with Crippen LogP contribution in [0.5, 0.6) is 0 Å². The minimum atomic E-state index is -0.792. The molecule has 0 aromatic carbocycles. The van der Waals surface area contributed by atoms with Gasteiger partial charge in [-0.1, -0.05) is 33.4 Å². The zero-order chi connectivity index (χ0) is 11.4. The highest BCUT2D eigenvalue weighted by Crippen LogP contribution is 1.84. The van der Waals surface area contributed by atoms with Gasteiger partial charge in [0.2, 0.25) is 0 Å². The van der Waals surface area contributed by atoms with E-state index in [1.54, 1.807) is 0 Å². The average Bonchev–Trinajstić information content (AvgIpc) is 2.18. The third-order valence-electron chi connectivity index (χ3n) is 1.66. The fraction of sp³-hybridized carbons (Fsp3) is 0.700. The summed E-state index contributed by atoms with van der Waals surface area (Å²) in [5.41, 5.74) is -0.792. The van der Waals surface area contributed by atoms with Crippen molar-refractivity contribution in [1.82, 2.24) is 4.90 Å². The largest absolute Gasteiger partial charge is 0.449 e. The van der Waals surface area contributed by atoms with E-state index in [0.717, 1.165) is 0 Å². The number of hydrogen-bond donors (Lipinski definition) is 0. The highest BCUT2D eigenvalue weighted by molar-refractivity contribution is 6.61. The Morgan fingerprint density at radius 2 is 1.79 bits per heavy atom. The van der Waals surface area contributed by atoms with Crippen LogP contribution in [0.3, 0.4) is 0 Å². The molecule has 0 N–H and O–H groups in total. The standard InChI is InChI=1S/C6H15N.C4H5ClO2/c1-4-7(5-2)6-3;1-2-3-7-4(5)6/h4-6H2,1-3H3;2H,1,3H2. The van der Waals surface area contributed by atoms with Crippen LogP contribution >= 0.6 is 11.6 Å². The highest BCUT2D eigenvalue weighted by Gasteiger charge is 1.89. The summed E-state index contributed by atoms with van der Waals surface area (Å²) in [4.78, 5) is 12.1. The second-order valence-corrected chi connectivity index (χ2v) is 2.77. The number of carbonyl (C=O) groups excluding carboxylic acids is 1. The predicted molar refractivity (Wildman–Crippen MR) is 60.9 cm³/mol. The zero-order valence-corrected chi connectivity index (χ0v) is 10.0. The van der Waals surface area contributed by atoms with E-state index in [1.807, 2.05) is 0 Å². The number of nitrogens with zero attached hydrogens (tertiary/aromatic N) is 1. The molecule has 0 bridgehead atoms. The first kappa shape index (κ1) is 15.9. The Hall–Kier alpha value is -0.540. The zero-order valence-electron chi connectivity index (χ0n) is 9.25. The lowest BCUT2D eigenvalue weighted by Gasteiger charge is -2.13. The molecule has 0 unspecified atom stereocenters. The molecule has 0 aliphatic carbocycles. The van der Waals surface area contributed by atoms with E-state index in [2.05, 4.69) is 37.0 Å². The molecule has 0 saturated carbocycles. The van der Waals surface area contributed by atoms with Gasteiger partial charge in [0.15, 0.2) is 0 Å². The Morgan fingerprint density at radius 1 is 1.36 bits per heavy atom. The Morgan fingerprint density at radius 3 is 1.86 bits per heavy atom. The predicted octanol–water partition coefficient (Wildman–Crippen LogP) is 2.90. The topological polar surface area (TPSA) is 29.5 Å². The van der Waals surface area contributed by atoms with Crippen molar-refractivity contribution >= 4 is 17.0 Å². The molecular formula is C10H20ClNO2. The van der Waals surface area contributed by atoms with Crippen molar-refractivity contribution < 1.29 is 9.53 Å². The molecule has 0 spiro atoms. The third kappa shape index (κ3) is 14.0. The first-order valence-corrected chi connectivity index (χ1v) is 5.15. The molecule has 0 radical (unpaired) electrons. The molecule has 0 amide bonds. The van der Waals surface area contributed by atoms with Crippen LogP contribution in [-0.2, 0) is 4.74 Å². The van der Waals surface area contributed by atoms with Crippen molar-refractivity contribution in [3.8, 4) is 0 Å². The number of halogens is 1. The maximum atomic E-state index is 9.70. The Balaban J connectivity index is 0. The van der Waals surface area contributed by atoms with Crippen molar-refractivity contribution in [2.75, 3.05) is 26.2 Å². The van der Waals surface area contributed by atoms with Gasteiger partial charge in [0, 0.05) is 11.6 Å². The second-order valence-electron chi connectivity index (χ2n) is 2.46. The number of rotatable bonds is 5. The molecule has 0 atom stereocenters. The molecule has 0 heterocycles. The normalized spacial score (nSPS) is 8.93. The molecule has 0 aliphatic heterocycles. The van der Waals surface area contributed by atoms with Crippen LogP contribution in [-0.4, -0.2) is 36.6 Å². The first-order chi connectivity index (χ1) is 6.62. The quantitative estimate of drug-likeness (QED) is 0.528. The van der Waals surface area contributed by atoms with Crippen LogP contribution in [0.15, 0.2) is 12.7 Å². The summed E-state index contributed by atoms with van der Waals surface area (Å²) < 4.78 is 4.20. The van der Waals surface area contributed by atoms with E-state index in [-0.39, 0.29) is 6.61 Å².